The van der Waals surface area contributed by atoms with Crippen LogP contribution in [-0.2, 0) is 4.79 Å². The maximum absolute atomic E-state index is 12.3. The number of likely N-dealkylation sites (tertiary alicyclic amines) is 1. The number of carbonyl (C=O) groups excluding carboxylic acids is 2. The number of Topliss-reactive ketones (excluding diaryl/α,β-unsaturated/α-hetero) is 1. The van der Waals surface area contributed by atoms with Gasteiger partial charge in [0.1, 0.15) is 0 Å². The van der Waals surface area contributed by atoms with Gasteiger partial charge in [-0.25, -0.2) is 0 Å². The Bertz CT molecular complexity index is 692. The lowest BCUT2D eigenvalue weighted by atomic mass is 9.88. The van der Waals surface area contributed by atoms with Crippen LogP contribution >= 0.6 is 0 Å². The van der Waals surface area contributed by atoms with Gasteiger partial charge in [-0.05, 0) is 56.7 Å². The maximum Gasteiger partial charge on any atom is 0.258 e. The van der Waals surface area contributed by atoms with Gasteiger partial charge in [-0.15, -0.1) is 0 Å². The highest BCUT2D eigenvalue weighted by Gasteiger charge is 2.24. The molecule has 6 heteroatoms. The van der Waals surface area contributed by atoms with Gasteiger partial charge in [0.05, 0.1) is 7.11 Å². The first-order valence-electron chi connectivity index (χ1n) is 10.9. The van der Waals surface area contributed by atoms with E-state index >= 15 is 0 Å². The minimum atomic E-state index is -0.117. The third-order valence-corrected chi connectivity index (χ3v) is 6.12. The number of hydrogen-bond donors (Lipinski definition) is 1. The van der Waals surface area contributed by atoms with Crippen LogP contribution in [0, 0.1) is 5.92 Å². The number of benzene rings is 1. The number of ether oxygens (including phenoxy) is 2. The molecule has 160 valence electrons. The molecule has 1 N–H and O–H groups in total. The van der Waals surface area contributed by atoms with Crippen LogP contribution in [0.3, 0.4) is 0 Å². The normalized spacial score (nSPS) is 19.0. The summed E-state index contributed by atoms with van der Waals surface area (Å²) in [7, 11) is 1.52. The van der Waals surface area contributed by atoms with E-state index in [2.05, 4.69) is 10.2 Å². The highest BCUT2D eigenvalue weighted by molar-refractivity contribution is 5.94. The van der Waals surface area contributed by atoms with Crippen LogP contribution in [0.25, 0.3) is 0 Å². The fourth-order valence-electron chi connectivity index (χ4n) is 4.41. The molecule has 0 bridgehead atoms. The van der Waals surface area contributed by atoms with Gasteiger partial charge in [-0.1, -0.05) is 19.3 Å². The van der Waals surface area contributed by atoms with Crippen molar-refractivity contribution in [1.82, 2.24) is 10.2 Å². The van der Waals surface area contributed by atoms with Crippen molar-refractivity contribution >= 4 is 11.7 Å². The van der Waals surface area contributed by atoms with Crippen molar-refractivity contribution < 1.29 is 19.1 Å². The molecule has 0 unspecified atom stereocenters. The summed E-state index contributed by atoms with van der Waals surface area (Å²) in [4.78, 5) is 26.4. The number of nitrogens with one attached hydrogen (secondary N) is 1. The Hall–Kier alpha value is -2.08. The van der Waals surface area contributed by atoms with Crippen molar-refractivity contribution in [1.29, 1.82) is 0 Å². The molecule has 1 saturated carbocycles. The van der Waals surface area contributed by atoms with E-state index in [1.807, 2.05) is 0 Å². The Morgan fingerprint density at radius 3 is 2.45 bits per heavy atom. The van der Waals surface area contributed by atoms with Gasteiger partial charge in [0, 0.05) is 31.2 Å². The van der Waals surface area contributed by atoms with Gasteiger partial charge in [0.25, 0.3) is 5.91 Å². The predicted octanol–water partition coefficient (Wildman–Crippen LogP) is 3.44. The van der Waals surface area contributed by atoms with Crippen molar-refractivity contribution in [2.24, 2.45) is 5.92 Å². The molecule has 1 heterocycles. The first-order valence-corrected chi connectivity index (χ1v) is 10.9. The molecule has 1 amide bonds. The monoisotopic (exact) mass is 402 g/mol. The Kier molecular flexibility index (Phi) is 7.92. The molecule has 2 aliphatic rings. The lowest BCUT2D eigenvalue weighted by Gasteiger charge is -2.35. The number of rotatable bonds is 8. The van der Waals surface area contributed by atoms with Crippen LogP contribution in [0.2, 0.25) is 0 Å². The second kappa shape index (κ2) is 10.6. The largest absolute Gasteiger partial charge is 0.493 e. The summed E-state index contributed by atoms with van der Waals surface area (Å²) in [6, 6.07) is 5.21. The Balaban J connectivity index is 1.39. The van der Waals surface area contributed by atoms with Crippen LogP contribution in [0.4, 0.5) is 0 Å². The van der Waals surface area contributed by atoms with E-state index in [-0.39, 0.29) is 24.3 Å². The number of nitrogens with zero attached hydrogens (tertiary/aromatic N) is 1. The molecule has 1 aromatic rings. The molecule has 0 spiro atoms. The lowest BCUT2D eigenvalue weighted by Crippen LogP contribution is -2.47. The molecule has 1 aliphatic heterocycles. The maximum atomic E-state index is 12.3. The van der Waals surface area contributed by atoms with Gasteiger partial charge in [-0.3, -0.25) is 9.59 Å². The Morgan fingerprint density at radius 1 is 1.07 bits per heavy atom. The summed E-state index contributed by atoms with van der Waals surface area (Å²) >= 11 is 0. The molecule has 0 aromatic heterocycles. The number of hydrogen-bond acceptors (Lipinski definition) is 5. The smallest absolute Gasteiger partial charge is 0.258 e. The summed E-state index contributed by atoms with van der Waals surface area (Å²) in [5, 5.41) is 3.09. The quantitative estimate of drug-likeness (QED) is 0.675. The summed E-state index contributed by atoms with van der Waals surface area (Å²) in [6.07, 6.45) is 8.93. The molecule has 1 saturated heterocycles. The summed E-state index contributed by atoms with van der Waals surface area (Å²) in [6.45, 7) is 4.78. The topological polar surface area (TPSA) is 67.9 Å². The fourth-order valence-corrected chi connectivity index (χ4v) is 4.41. The SMILES string of the molecule is COc1cc(C(C)=O)ccc1OCC(=O)NC1CCN(CC2CCCCC2)CC1. The van der Waals surface area contributed by atoms with Crippen molar-refractivity contribution in [3.63, 3.8) is 0 Å². The van der Waals surface area contributed by atoms with Crippen LogP contribution in [0.15, 0.2) is 18.2 Å². The van der Waals surface area contributed by atoms with Crippen molar-refractivity contribution in [3.8, 4) is 11.5 Å². The highest BCUT2D eigenvalue weighted by atomic mass is 16.5. The summed E-state index contributed by atoms with van der Waals surface area (Å²) < 4.78 is 10.9. The average Bonchev–Trinajstić information content (AvgIpc) is 2.74. The van der Waals surface area contributed by atoms with Gasteiger partial charge in [-0.2, -0.15) is 0 Å². The molecule has 29 heavy (non-hydrogen) atoms. The van der Waals surface area contributed by atoms with E-state index in [1.165, 1.54) is 52.7 Å². The van der Waals surface area contributed by atoms with Crippen LogP contribution in [-0.4, -0.2) is 56.0 Å². The van der Waals surface area contributed by atoms with Crippen LogP contribution in [0.1, 0.15) is 62.2 Å². The van der Waals surface area contributed by atoms with E-state index in [9.17, 15) is 9.59 Å². The van der Waals surface area contributed by atoms with E-state index in [0.29, 0.717) is 17.1 Å². The standard InChI is InChI=1S/C23H34N2O4/c1-17(26)19-8-9-21(22(14-19)28-2)29-16-23(27)24-20-10-12-25(13-11-20)15-18-6-4-3-5-7-18/h8-9,14,18,20H,3-7,10-13,15-16H2,1-2H3,(H,24,27). The van der Waals surface area contributed by atoms with Crippen molar-refractivity contribution in [3.05, 3.63) is 23.8 Å². The van der Waals surface area contributed by atoms with E-state index in [0.717, 1.165) is 31.8 Å². The van der Waals surface area contributed by atoms with E-state index in [1.54, 1.807) is 18.2 Å². The van der Waals surface area contributed by atoms with Crippen LogP contribution in [0.5, 0.6) is 11.5 Å². The number of methoxy groups -OCH3 is 1. The number of amides is 1. The van der Waals surface area contributed by atoms with E-state index < -0.39 is 0 Å². The minimum Gasteiger partial charge on any atom is -0.493 e. The van der Waals surface area contributed by atoms with Gasteiger partial charge in [0.2, 0.25) is 0 Å². The molecule has 0 radical (unpaired) electrons. The third-order valence-electron chi connectivity index (χ3n) is 6.12. The molecule has 6 nitrogen and oxygen atoms in total. The molecule has 1 aromatic carbocycles. The zero-order valence-corrected chi connectivity index (χ0v) is 17.7. The van der Waals surface area contributed by atoms with Crippen LogP contribution < -0.4 is 14.8 Å². The molecule has 0 atom stereocenters. The minimum absolute atomic E-state index is 0.0394. The zero-order chi connectivity index (χ0) is 20.6. The molecule has 3 rings (SSSR count). The Morgan fingerprint density at radius 2 is 1.79 bits per heavy atom. The molecular weight excluding hydrogens is 368 g/mol. The Labute approximate surface area is 173 Å². The van der Waals surface area contributed by atoms with Gasteiger partial charge >= 0.3 is 0 Å². The summed E-state index contributed by atoms with van der Waals surface area (Å²) in [5.74, 6) is 1.64. The first-order chi connectivity index (χ1) is 14.0. The lowest BCUT2D eigenvalue weighted by molar-refractivity contribution is -0.124. The van der Waals surface area contributed by atoms with Crippen molar-refractivity contribution in [2.45, 2.75) is 57.9 Å². The summed E-state index contributed by atoms with van der Waals surface area (Å²) in [5.41, 5.74) is 0.554. The number of ketones is 1. The predicted molar refractivity (Wildman–Crippen MR) is 113 cm³/mol. The highest BCUT2D eigenvalue weighted by Crippen LogP contribution is 2.28. The molecule has 2 fully saturated rings. The molecular formula is C23H34N2O4. The fraction of sp³-hybridized carbons (Fsp3) is 0.652. The van der Waals surface area contributed by atoms with Crippen molar-refractivity contribution in [2.75, 3.05) is 33.4 Å². The second-order valence-electron chi connectivity index (χ2n) is 8.36. The van der Waals surface area contributed by atoms with Gasteiger partial charge in [0.15, 0.2) is 23.9 Å². The average molecular weight is 403 g/mol. The second-order valence-corrected chi connectivity index (χ2v) is 8.36. The third kappa shape index (κ3) is 6.46. The van der Waals surface area contributed by atoms with E-state index in [4.69, 9.17) is 9.47 Å². The first kappa shape index (κ1) is 21.6. The zero-order valence-electron chi connectivity index (χ0n) is 17.7. The molecule has 1 aliphatic carbocycles. The number of piperidine rings is 1. The number of carbonyl (C=O) groups is 2. The van der Waals surface area contributed by atoms with Gasteiger partial charge < -0.3 is 19.7 Å².